The first-order valence-electron chi connectivity index (χ1n) is 12.4. The number of aryl methyl sites for hydroxylation is 2. The van der Waals surface area contributed by atoms with Gasteiger partial charge in [-0.15, -0.1) is 0 Å². The minimum Gasteiger partial charge on any atom is -0.507 e. The second-order valence-electron chi connectivity index (χ2n) is 11.6. The summed E-state index contributed by atoms with van der Waals surface area (Å²) < 4.78 is 1.92. The van der Waals surface area contributed by atoms with Gasteiger partial charge in [-0.05, 0) is 71.9 Å². The molecule has 1 aromatic heterocycles. The minimum absolute atomic E-state index is 0.0488. The SMILES string of the molecule is Cc1cc2nc(NCCCN[N+]#N)n(CC(=O)c3cc(C(C)(C)C)c(O)c(C(C)(C)C)c3)c2cc1C. The van der Waals surface area contributed by atoms with Crippen LogP contribution in [-0.4, -0.2) is 33.5 Å². The van der Waals surface area contributed by atoms with Gasteiger partial charge in [0.05, 0.1) is 24.1 Å². The lowest BCUT2D eigenvalue weighted by molar-refractivity contribution is 0.0973. The van der Waals surface area contributed by atoms with E-state index in [1.807, 2.05) is 64.3 Å². The number of diazo groups is 1. The number of benzene rings is 2. The van der Waals surface area contributed by atoms with E-state index in [9.17, 15) is 9.90 Å². The molecular weight excluding hydrogens is 452 g/mol. The van der Waals surface area contributed by atoms with Gasteiger partial charge in [0.25, 0.3) is 5.39 Å². The maximum absolute atomic E-state index is 13.7. The molecule has 0 aliphatic heterocycles. The first-order valence-corrected chi connectivity index (χ1v) is 12.4. The van der Waals surface area contributed by atoms with Crippen molar-refractivity contribution in [2.75, 3.05) is 18.4 Å². The van der Waals surface area contributed by atoms with Crippen LogP contribution in [0.25, 0.3) is 16.1 Å². The molecule has 0 atom stereocenters. The van der Waals surface area contributed by atoms with Crippen molar-refractivity contribution in [2.45, 2.75) is 79.2 Å². The largest absolute Gasteiger partial charge is 0.507 e. The number of Topliss-reactive ketones (excluding diaryl/α,β-unsaturated/α-hetero) is 1. The lowest BCUT2D eigenvalue weighted by atomic mass is 9.78. The van der Waals surface area contributed by atoms with Crippen LogP contribution in [0.5, 0.6) is 5.75 Å². The number of rotatable bonds is 8. The number of imidazole rings is 1. The van der Waals surface area contributed by atoms with Crippen LogP contribution in [-0.2, 0) is 17.4 Å². The van der Waals surface area contributed by atoms with E-state index in [1.165, 1.54) is 0 Å². The summed E-state index contributed by atoms with van der Waals surface area (Å²) >= 11 is 0. The number of hydrogen-bond acceptors (Lipinski definition) is 6. The summed E-state index contributed by atoms with van der Waals surface area (Å²) in [6.07, 6.45) is 0.709. The van der Waals surface area contributed by atoms with E-state index in [-0.39, 0.29) is 28.9 Å². The predicted molar refractivity (Wildman–Crippen MR) is 145 cm³/mol. The quantitative estimate of drug-likeness (QED) is 0.154. The van der Waals surface area contributed by atoms with Crippen molar-refractivity contribution in [3.63, 3.8) is 0 Å². The summed E-state index contributed by atoms with van der Waals surface area (Å²) in [7, 11) is 0. The summed E-state index contributed by atoms with van der Waals surface area (Å²) in [6.45, 7) is 17.6. The van der Waals surface area contributed by atoms with Crippen LogP contribution < -0.4 is 10.7 Å². The summed E-state index contributed by atoms with van der Waals surface area (Å²) in [5.74, 6) is 0.832. The number of ketones is 1. The summed E-state index contributed by atoms with van der Waals surface area (Å²) in [5, 5.41) is 25.9. The number of aromatic hydroxyl groups is 1. The Morgan fingerprint density at radius 3 is 2.14 bits per heavy atom. The average molecular weight is 492 g/mol. The molecule has 2 aromatic carbocycles. The Hall–Kier alpha value is -3.60. The molecule has 0 spiro atoms. The van der Waals surface area contributed by atoms with E-state index in [0.29, 0.717) is 31.0 Å². The third-order valence-corrected chi connectivity index (χ3v) is 6.53. The van der Waals surface area contributed by atoms with Gasteiger partial charge >= 0.3 is 5.08 Å². The fourth-order valence-electron chi connectivity index (χ4n) is 4.27. The van der Waals surface area contributed by atoms with Gasteiger partial charge in [-0.3, -0.25) is 4.79 Å². The number of nitrogens with zero attached hydrogens (tertiary/aromatic N) is 4. The Morgan fingerprint density at radius 2 is 1.58 bits per heavy atom. The summed E-state index contributed by atoms with van der Waals surface area (Å²) in [6, 6.07) is 7.77. The van der Waals surface area contributed by atoms with E-state index in [4.69, 9.17) is 10.4 Å². The van der Waals surface area contributed by atoms with Crippen molar-refractivity contribution in [1.29, 1.82) is 5.39 Å². The molecule has 0 aliphatic rings. The molecule has 0 radical (unpaired) electrons. The van der Waals surface area contributed by atoms with Crippen LogP contribution in [0.3, 0.4) is 0 Å². The number of phenolic OH excluding ortho intramolecular Hbond substituents is 1. The summed E-state index contributed by atoms with van der Waals surface area (Å²) in [5.41, 5.74) is 7.98. The highest BCUT2D eigenvalue weighted by atomic mass is 16.3. The molecule has 3 aromatic rings. The zero-order valence-electron chi connectivity index (χ0n) is 22.8. The third-order valence-electron chi connectivity index (χ3n) is 6.53. The molecule has 36 heavy (non-hydrogen) atoms. The standard InChI is InChI=1S/C28H38N6O2/c1-17-12-22-23(13-18(17)2)34(26(32-22)30-10-9-11-31-33-29)16-24(35)19-14-20(27(3,4)5)25(36)21(15-19)28(6,7)8/h12-15,31H,9-11,16H2,1-8H3,(H-,30,32,35,36)/p+1. The molecule has 0 aliphatic carbocycles. The Kier molecular flexibility index (Phi) is 7.63. The molecule has 0 bridgehead atoms. The second-order valence-corrected chi connectivity index (χ2v) is 11.6. The van der Waals surface area contributed by atoms with Crippen LogP contribution in [0.15, 0.2) is 24.3 Å². The normalized spacial score (nSPS) is 12.0. The molecule has 192 valence electrons. The van der Waals surface area contributed by atoms with Gasteiger partial charge in [0.1, 0.15) is 5.75 Å². The van der Waals surface area contributed by atoms with Crippen molar-refractivity contribution in [3.05, 3.63) is 57.2 Å². The molecule has 8 nitrogen and oxygen atoms in total. The lowest BCUT2D eigenvalue weighted by Crippen LogP contribution is -2.20. The zero-order valence-corrected chi connectivity index (χ0v) is 22.8. The summed E-state index contributed by atoms with van der Waals surface area (Å²) in [4.78, 5) is 18.5. The average Bonchev–Trinajstić information content (AvgIpc) is 3.08. The molecule has 3 N–H and O–H groups in total. The molecule has 8 heteroatoms. The van der Waals surface area contributed by atoms with E-state index in [0.717, 1.165) is 33.3 Å². The third kappa shape index (κ3) is 5.78. The monoisotopic (exact) mass is 491 g/mol. The maximum Gasteiger partial charge on any atom is 0.302 e. The van der Waals surface area contributed by atoms with Crippen molar-refractivity contribution in [3.8, 4) is 5.75 Å². The molecule has 0 fully saturated rings. The number of hydrogen-bond donors (Lipinski definition) is 3. The van der Waals surface area contributed by atoms with Crippen LogP contribution >= 0.6 is 0 Å². The highest BCUT2D eigenvalue weighted by Crippen LogP contribution is 2.40. The first-order chi connectivity index (χ1) is 16.7. The Bertz CT molecular complexity index is 1280. The van der Waals surface area contributed by atoms with Crippen LogP contribution in [0.4, 0.5) is 5.95 Å². The van der Waals surface area contributed by atoms with Crippen LogP contribution in [0.1, 0.15) is 80.6 Å². The molecule has 3 rings (SSSR count). The molecule has 0 saturated carbocycles. The number of carbonyl (C=O) groups is 1. The smallest absolute Gasteiger partial charge is 0.302 e. The van der Waals surface area contributed by atoms with Gasteiger partial charge in [0.15, 0.2) is 5.78 Å². The van der Waals surface area contributed by atoms with Gasteiger partial charge in [0, 0.05) is 23.2 Å². The van der Waals surface area contributed by atoms with Gasteiger partial charge in [-0.1, -0.05) is 41.5 Å². The molecular formula is C28H39N6O2+. The van der Waals surface area contributed by atoms with Gasteiger partial charge in [0.2, 0.25) is 5.95 Å². The fraction of sp³-hybridized carbons (Fsp3) is 0.500. The predicted octanol–water partition coefficient (Wildman–Crippen LogP) is 6.00. The van der Waals surface area contributed by atoms with E-state index >= 15 is 0 Å². The van der Waals surface area contributed by atoms with Crippen molar-refractivity contribution >= 4 is 22.8 Å². The minimum atomic E-state index is -0.321. The highest BCUT2D eigenvalue weighted by Gasteiger charge is 2.28. The van der Waals surface area contributed by atoms with Gasteiger partial charge < -0.3 is 15.0 Å². The number of fused-ring (bicyclic) bond motifs is 1. The van der Waals surface area contributed by atoms with Gasteiger partial charge in [-0.2, -0.15) is 0 Å². The van der Waals surface area contributed by atoms with Crippen molar-refractivity contribution < 1.29 is 9.90 Å². The van der Waals surface area contributed by atoms with Crippen molar-refractivity contribution in [1.82, 2.24) is 15.0 Å². The highest BCUT2D eigenvalue weighted by molar-refractivity contribution is 5.98. The first kappa shape index (κ1) is 27.0. The molecule has 0 unspecified atom stereocenters. The van der Waals surface area contributed by atoms with Crippen LogP contribution in [0.2, 0.25) is 0 Å². The maximum atomic E-state index is 13.7. The zero-order chi connectivity index (χ0) is 26.8. The molecule has 1 heterocycles. The number of aromatic nitrogens is 2. The lowest BCUT2D eigenvalue weighted by Gasteiger charge is -2.28. The second kappa shape index (κ2) is 10.2. The number of carbonyl (C=O) groups excluding carboxylic acids is 1. The number of nitrogens with one attached hydrogen (secondary N) is 2. The number of anilines is 1. The Labute approximate surface area is 213 Å². The Morgan fingerprint density at radius 1 is 1.00 bits per heavy atom. The fourth-order valence-corrected chi connectivity index (χ4v) is 4.27. The topological polar surface area (TPSA) is 107 Å². The molecule has 0 saturated heterocycles. The Balaban J connectivity index is 2.05. The van der Waals surface area contributed by atoms with E-state index in [1.54, 1.807) is 0 Å². The van der Waals surface area contributed by atoms with Crippen molar-refractivity contribution in [2.24, 2.45) is 0 Å². The molecule has 0 amide bonds. The number of phenols is 1. The van der Waals surface area contributed by atoms with E-state index in [2.05, 4.69) is 35.7 Å². The van der Waals surface area contributed by atoms with Gasteiger partial charge in [-0.25, -0.2) is 4.98 Å². The van der Waals surface area contributed by atoms with E-state index < -0.39 is 0 Å². The van der Waals surface area contributed by atoms with Crippen LogP contribution in [0, 0.1) is 19.2 Å².